The Balaban J connectivity index is 1.69. The fourth-order valence-corrected chi connectivity index (χ4v) is 2.82. The number of likely N-dealkylation sites (tertiary alicyclic amines) is 1. The van der Waals surface area contributed by atoms with Gasteiger partial charge in [0.25, 0.3) is 0 Å². The molecule has 1 saturated heterocycles. The van der Waals surface area contributed by atoms with E-state index in [2.05, 4.69) is 15.5 Å². The van der Waals surface area contributed by atoms with Crippen LogP contribution < -0.4 is 5.32 Å². The summed E-state index contributed by atoms with van der Waals surface area (Å²) >= 11 is 0. The molecular weight excluding hydrogens is 280 g/mol. The maximum Gasteiger partial charge on any atom is 0.318 e. The SMILES string of the molecule is Cc1cc(C2CCCN2C(=O)NC(C)c2ccccn2)on1. The molecule has 0 radical (unpaired) electrons. The minimum absolute atomic E-state index is 0.0304. The zero-order valence-corrected chi connectivity index (χ0v) is 12.8. The standard InChI is InChI=1S/C16H20N4O2/c1-11-10-15(22-19-11)14-7-5-9-20(14)16(21)18-12(2)13-6-3-4-8-17-13/h3-4,6,8,10,12,14H,5,7,9H2,1-2H3,(H,18,21). The van der Waals surface area contributed by atoms with Gasteiger partial charge in [0.1, 0.15) is 0 Å². The van der Waals surface area contributed by atoms with Crippen LogP contribution in [0, 0.1) is 6.92 Å². The van der Waals surface area contributed by atoms with Crippen molar-refractivity contribution in [3.63, 3.8) is 0 Å². The van der Waals surface area contributed by atoms with Gasteiger partial charge in [0, 0.05) is 18.8 Å². The molecule has 6 heteroatoms. The monoisotopic (exact) mass is 300 g/mol. The Morgan fingerprint density at radius 1 is 1.50 bits per heavy atom. The summed E-state index contributed by atoms with van der Waals surface area (Å²) < 4.78 is 5.33. The van der Waals surface area contributed by atoms with Crippen LogP contribution in [0.2, 0.25) is 0 Å². The molecule has 1 aliphatic heterocycles. The third-order valence-corrected chi connectivity index (χ3v) is 3.96. The summed E-state index contributed by atoms with van der Waals surface area (Å²) in [4.78, 5) is 18.6. The first-order valence-corrected chi connectivity index (χ1v) is 7.56. The molecule has 1 fully saturated rings. The zero-order valence-electron chi connectivity index (χ0n) is 12.8. The summed E-state index contributed by atoms with van der Waals surface area (Å²) in [6.07, 6.45) is 3.60. The Kier molecular flexibility index (Phi) is 4.09. The van der Waals surface area contributed by atoms with Gasteiger partial charge in [0.05, 0.1) is 23.5 Å². The summed E-state index contributed by atoms with van der Waals surface area (Å²) in [5, 5.41) is 6.93. The lowest BCUT2D eigenvalue weighted by molar-refractivity contribution is 0.179. The first kappa shape index (κ1) is 14.6. The van der Waals surface area contributed by atoms with Crippen molar-refractivity contribution in [2.24, 2.45) is 0 Å². The Labute approximate surface area is 129 Å². The van der Waals surface area contributed by atoms with Crippen LogP contribution in [-0.4, -0.2) is 27.6 Å². The molecule has 2 atom stereocenters. The largest absolute Gasteiger partial charge is 0.359 e. The zero-order chi connectivity index (χ0) is 15.5. The van der Waals surface area contributed by atoms with E-state index in [1.165, 1.54) is 0 Å². The van der Waals surface area contributed by atoms with E-state index in [0.717, 1.165) is 36.5 Å². The van der Waals surface area contributed by atoms with Crippen molar-refractivity contribution in [2.75, 3.05) is 6.54 Å². The number of hydrogen-bond donors (Lipinski definition) is 1. The van der Waals surface area contributed by atoms with Crippen molar-refractivity contribution in [3.8, 4) is 0 Å². The molecule has 2 amide bonds. The predicted octanol–water partition coefficient (Wildman–Crippen LogP) is 2.99. The molecule has 0 saturated carbocycles. The first-order chi connectivity index (χ1) is 10.6. The molecule has 3 rings (SSSR count). The Hall–Kier alpha value is -2.37. The molecule has 1 aliphatic rings. The van der Waals surface area contributed by atoms with E-state index in [-0.39, 0.29) is 18.1 Å². The van der Waals surface area contributed by atoms with E-state index >= 15 is 0 Å². The summed E-state index contributed by atoms with van der Waals surface area (Å²) in [5.41, 5.74) is 1.69. The van der Waals surface area contributed by atoms with Gasteiger partial charge in [-0.3, -0.25) is 4.98 Å². The summed E-state index contributed by atoms with van der Waals surface area (Å²) in [6, 6.07) is 7.34. The molecule has 0 spiro atoms. The van der Waals surface area contributed by atoms with Crippen LogP contribution in [0.3, 0.4) is 0 Å². The van der Waals surface area contributed by atoms with Gasteiger partial charge in [0.15, 0.2) is 5.76 Å². The van der Waals surface area contributed by atoms with Gasteiger partial charge in [0.2, 0.25) is 0 Å². The van der Waals surface area contributed by atoms with Crippen LogP contribution in [0.25, 0.3) is 0 Å². The van der Waals surface area contributed by atoms with Gasteiger partial charge >= 0.3 is 6.03 Å². The molecule has 6 nitrogen and oxygen atoms in total. The molecule has 0 aliphatic carbocycles. The van der Waals surface area contributed by atoms with Crippen molar-refractivity contribution >= 4 is 6.03 Å². The van der Waals surface area contributed by atoms with Crippen LogP contribution in [0.15, 0.2) is 35.0 Å². The van der Waals surface area contributed by atoms with Crippen LogP contribution in [0.4, 0.5) is 4.79 Å². The minimum Gasteiger partial charge on any atom is -0.359 e. The molecule has 116 valence electrons. The highest BCUT2D eigenvalue weighted by molar-refractivity contribution is 5.75. The highest BCUT2D eigenvalue weighted by Gasteiger charge is 2.33. The highest BCUT2D eigenvalue weighted by Crippen LogP contribution is 2.32. The molecule has 0 bridgehead atoms. The summed E-state index contributed by atoms with van der Waals surface area (Å²) in [7, 11) is 0. The van der Waals surface area contributed by atoms with Gasteiger partial charge < -0.3 is 14.7 Å². The lowest BCUT2D eigenvalue weighted by Crippen LogP contribution is -2.40. The quantitative estimate of drug-likeness (QED) is 0.946. The third-order valence-electron chi connectivity index (χ3n) is 3.96. The lowest BCUT2D eigenvalue weighted by Gasteiger charge is -2.25. The van der Waals surface area contributed by atoms with E-state index in [1.54, 1.807) is 6.20 Å². The maximum absolute atomic E-state index is 12.5. The van der Waals surface area contributed by atoms with E-state index in [9.17, 15) is 4.79 Å². The van der Waals surface area contributed by atoms with Crippen LogP contribution >= 0.6 is 0 Å². The molecule has 2 unspecified atom stereocenters. The van der Waals surface area contributed by atoms with Crippen molar-refractivity contribution < 1.29 is 9.32 Å². The molecule has 2 aromatic rings. The van der Waals surface area contributed by atoms with Gasteiger partial charge in [-0.2, -0.15) is 0 Å². The van der Waals surface area contributed by atoms with Crippen molar-refractivity contribution in [1.29, 1.82) is 0 Å². The van der Waals surface area contributed by atoms with E-state index in [0.29, 0.717) is 0 Å². The number of aryl methyl sites for hydroxylation is 1. The fourth-order valence-electron chi connectivity index (χ4n) is 2.82. The smallest absolute Gasteiger partial charge is 0.318 e. The molecule has 3 heterocycles. The van der Waals surface area contributed by atoms with Crippen molar-refractivity contribution in [1.82, 2.24) is 20.4 Å². The Morgan fingerprint density at radius 3 is 3.05 bits per heavy atom. The van der Waals surface area contributed by atoms with Crippen LogP contribution in [0.1, 0.15) is 49.0 Å². The molecule has 2 aromatic heterocycles. The highest BCUT2D eigenvalue weighted by atomic mass is 16.5. The maximum atomic E-state index is 12.5. The number of carbonyl (C=O) groups excluding carboxylic acids is 1. The molecule has 22 heavy (non-hydrogen) atoms. The number of rotatable bonds is 3. The number of hydrogen-bond acceptors (Lipinski definition) is 4. The number of urea groups is 1. The van der Waals surface area contributed by atoms with Gasteiger partial charge in [-0.1, -0.05) is 11.2 Å². The number of nitrogens with one attached hydrogen (secondary N) is 1. The average molecular weight is 300 g/mol. The number of nitrogens with zero attached hydrogens (tertiary/aromatic N) is 3. The Bertz CT molecular complexity index is 641. The van der Waals surface area contributed by atoms with Crippen molar-refractivity contribution in [3.05, 3.63) is 47.6 Å². The number of aromatic nitrogens is 2. The second-order valence-corrected chi connectivity index (χ2v) is 5.65. The second kappa shape index (κ2) is 6.17. The molecule has 0 aromatic carbocycles. The normalized spacial score (nSPS) is 19.2. The van der Waals surface area contributed by atoms with E-state index in [1.807, 2.05) is 43.0 Å². The first-order valence-electron chi connectivity index (χ1n) is 7.56. The van der Waals surface area contributed by atoms with Crippen molar-refractivity contribution in [2.45, 2.75) is 38.8 Å². The number of pyridine rings is 1. The number of carbonyl (C=O) groups is 1. The third kappa shape index (κ3) is 2.95. The summed E-state index contributed by atoms with van der Waals surface area (Å²) in [6.45, 7) is 4.55. The van der Waals surface area contributed by atoms with Crippen LogP contribution in [-0.2, 0) is 0 Å². The van der Waals surface area contributed by atoms with E-state index < -0.39 is 0 Å². The predicted molar refractivity (Wildman–Crippen MR) is 81.1 cm³/mol. The Morgan fingerprint density at radius 2 is 2.36 bits per heavy atom. The number of amides is 2. The topological polar surface area (TPSA) is 71.3 Å². The average Bonchev–Trinajstić information content (AvgIpc) is 3.16. The minimum atomic E-state index is -0.133. The van der Waals surface area contributed by atoms with Gasteiger partial charge in [-0.05, 0) is 38.8 Å². The molecular formula is C16H20N4O2. The fraction of sp³-hybridized carbons (Fsp3) is 0.438. The van der Waals surface area contributed by atoms with Crippen LogP contribution in [0.5, 0.6) is 0 Å². The molecule has 1 N–H and O–H groups in total. The van der Waals surface area contributed by atoms with Gasteiger partial charge in [-0.25, -0.2) is 4.79 Å². The summed E-state index contributed by atoms with van der Waals surface area (Å²) in [5.74, 6) is 0.760. The lowest BCUT2D eigenvalue weighted by atomic mass is 10.1. The van der Waals surface area contributed by atoms with E-state index in [4.69, 9.17) is 4.52 Å². The van der Waals surface area contributed by atoms with Gasteiger partial charge in [-0.15, -0.1) is 0 Å². The second-order valence-electron chi connectivity index (χ2n) is 5.65.